The highest BCUT2D eigenvalue weighted by atomic mass is 35.6. The fourth-order valence-corrected chi connectivity index (χ4v) is 4.01. The lowest BCUT2D eigenvalue weighted by molar-refractivity contribution is 0.0225. The Morgan fingerprint density at radius 2 is 1.96 bits per heavy atom. The fourth-order valence-electron chi connectivity index (χ4n) is 3.89. The number of fused-ring (bicyclic) bond motifs is 1. The molecule has 4 nitrogen and oxygen atoms in total. The molecule has 1 aliphatic heterocycles. The normalized spacial score (nSPS) is 27.2. The van der Waals surface area contributed by atoms with E-state index in [1.807, 2.05) is 24.3 Å². The molecule has 1 spiro atoms. The summed E-state index contributed by atoms with van der Waals surface area (Å²) in [7, 11) is 0. The van der Waals surface area contributed by atoms with E-state index in [0.717, 1.165) is 12.0 Å². The highest BCUT2D eigenvalue weighted by Crippen LogP contribution is 2.66. The number of nitrogens with zero attached hydrogens (tertiary/aromatic N) is 1. The van der Waals surface area contributed by atoms with Gasteiger partial charge in [-0.1, -0.05) is 59.1 Å². The van der Waals surface area contributed by atoms with Gasteiger partial charge in [0.15, 0.2) is 11.4 Å². The maximum atomic E-state index is 12.7. The van der Waals surface area contributed by atoms with Gasteiger partial charge >= 0.3 is 6.09 Å². The second-order valence-electron chi connectivity index (χ2n) is 7.30. The van der Waals surface area contributed by atoms with E-state index in [9.17, 15) is 9.59 Å². The first kappa shape index (κ1) is 17.2. The molecule has 1 aromatic carbocycles. The number of likely N-dealkylation sites (tertiary alicyclic amines) is 1. The minimum absolute atomic E-state index is 0.0952. The predicted octanol–water partition coefficient (Wildman–Crippen LogP) is 4.63. The topological polar surface area (TPSA) is 46.6 Å². The smallest absolute Gasteiger partial charge is 0.414 e. The van der Waals surface area contributed by atoms with Crippen molar-refractivity contribution in [1.82, 2.24) is 4.90 Å². The quantitative estimate of drug-likeness (QED) is 0.646. The van der Waals surface area contributed by atoms with E-state index in [4.69, 9.17) is 39.5 Å². The Morgan fingerprint density at radius 3 is 2.64 bits per heavy atom. The first-order chi connectivity index (χ1) is 11.6. The number of ketones is 1. The first-order valence-electron chi connectivity index (χ1n) is 8.01. The molecular weight excluding hydrogens is 385 g/mol. The zero-order valence-electron chi connectivity index (χ0n) is 13.7. The van der Waals surface area contributed by atoms with Crippen LogP contribution in [0.4, 0.5) is 4.79 Å². The molecule has 2 fully saturated rings. The molecule has 1 heterocycles. The van der Waals surface area contributed by atoms with Crippen LogP contribution in [-0.4, -0.2) is 32.7 Å². The van der Waals surface area contributed by atoms with Crippen molar-refractivity contribution in [3.05, 3.63) is 47.2 Å². The lowest BCUT2D eigenvalue weighted by Crippen LogP contribution is -2.45. The minimum atomic E-state index is -1.76. The number of ether oxygens (including phenoxy) is 1. The van der Waals surface area contributed by atoms with E-state index < -0.39 is 15.5 Å². The number of amides is 1. The molecule has 0 bridgehead atoms. The third-order valence-electron chi connectivity index (χ3n) is 5.44. The van der Waals surface area contributed by atoms with E-state index in [1.54, 1.807) is 19.9 Å². The van der Waals surface area contributed by atoms with Crippen LogP contribution in [0.2, 0.25) is 0 Å². The van der Waals surface area contributed by atoms with Crippen molar-refractivity contribution in [3.8, 4) is 0 Å². The standard InChI is InChI=1S/C18H16Cl3NO3/c1-16(2,18(19,20)21)25-15(24)22-9-10-8-17(10)12-6-4-3-5-11(12)13(23)7-14(17)22/h3-7,10H,8-9H2,1-2H3. The average Bonchev–Trinajstić information content (AvgIpc) is 3.14. The average molecular weight is 401 g/mol. The molecule has 2 aliphatic carbocycles. The summed E-state index contributed by atoms with van der Waals surface area (Å²) in [6.07, 6.45) is 1.89. The zero-order chi connectivity index (χ0) is 18.2. The van der Waals surface area contributed by atoms with Crippen LogP contribution in [0.25, 0.3) is 0 Å². The summed E-state index contributed by atoms with van der Waals surface area (Å²) in [4.78, 5) is 26.7. The van der Waals surface area contributed by atoms with Crippen LogP contribution in [0, 0.1) is 5.92 Å². The van der Waals surface area contributed by atoms with Crippen LogP contribution in [-0.2, 0) is 10.2 Å². The first-order valence-corrected chi connectivity index (χ1v) is 9.14. The number of benzene rings is 1. The number of piperidine rings is 1. The molecular formula is C18H16Cl3NO3. The highest BCUT2D eigenvalue weighted by molar-refractivity contribution is 6.68. The van der Waals surface area contributed by atoms with Gasteiger partial charge in [-0.3, -0.25) is 9.69 Å². The number of hydrogen-bond acceptors (Lipinski definition) is 3. The van der Waals surface area contributed by atoms with Crippen molar-refractivity contribution >= 4 is 46.7 Å². The van der Waals surface area contributed by atoms with Gasteiger partial charge in [0, 0.05) is 29.3 Å². The molecule has 132 valence electrons. The lowest BCUT2D eigenvalue weighted by Gasteiger charge is -2.35. The minimum Gasteiger partial charge on any atom is -0.439 e. The van der Waals surface area contributed by atoms with Crippen molar-refractivity contribution in [2.75, 3.05) is 6.54 Å². The molecule has 2 unspecified atom stereocenters. The monoisotopic (exact) mass is 399 g/mol. The Balaban J connectivity index is 1.66. The predicted molar refractivity (Wildman–Crippen MR) is 96.2 cm³/mol. The molecule has 2 atom stereocenters. The molecule has 7 heteroatoms. The zero-order valence-corrected chi connectivity index (χ0v) is 16.0. The summed E-state index contributed by atoms with van der Waals surface area (Å²) in [6.45, 7) is 3.59. The summed E-state index contributed by atoms with van der Waals surface area (Å²) in [6, 6.07) is 7.59. The van der Waals surface area contributed by atoms with Crippen LogP contribution >= 0.6 is 34.8 Å². The van der Waals surface area contributed by atoms with Gasteiger partial charge in [0.1, 0.15) is 0 Å². The van der Waals surface area contributed by atoms with E-state index in [0.29, 0.717) is 17.8 Å². The van der Waals surface area contributed by atoms with E-state index in [2.05, 4.69) is 0 Å². The van der Waals surface area contributed by atoms with Gasteiger partial charge < -0.3 is 4.74 Å². The molecule has 1 amide bonds. The Kier molecular flexibility index (Phi) is 3.54. The van der Waals surface area contributed by atoms with Gasteiger partial charge in [0.25, 0.3) is 0 Å². The van der Waals surface area contributed by atoms with Crippen LogP contribution in [0.5, 0.6) is 0 Å². The summed E-state index contributed by atoms with van der Waals surface area (Å²) in [5.41, 5.74) is 0.856. The molecule has 1 saturated heterocycles. The number of carbonyl (C=O) groups excluding carboxylic acids is 2. The number of halogens is 3. The van der Waals surface area contributed by atoms with Crippen molar-refractivity contribution in [2.24, 2.45) is 5.92 Å². The van der Waals surface area contributed by atoms with Crippen molar-refractivity contribution in [3.63, 3.8) is 0 Å². The van der Waals surface area contributed by atoms with Gasteiger partial charge in [0.05, 0.1) is 0 Å². The van der Waals surface area contributed by atoms with Crippen LogP contribution < -0.4 is 0 Å². The van der Waals surface area contributed by atoms with Gasteiger partial charge in [-0.2, -0.15) is 0 Å². The lowest BCUT2D eigenvalue weighted by atomic mass is 9.81. The van der Waals surface area contributed by atoms with Crippen molar-refractivity contribution in [2.45, 2.75) is 35.1 Å². The highest BCUT2D eigenvalue weighted by Gasteiger charge is 2.67. The number of alkyl halides is 3. The fraction of sp³-hybridized carbons (Fsp3) is 0.444. The van der Waals surface area contributed by atoms with Gasteiger partial charge in [-0.05, 0) is 31.7 Å². The summed E-state index contributed by atoms with van der Waals surface area (Å²) >= 11 is 17.7. The van der Waals surface area contributed by atoms with Crippen LogP contribution in [0.1, 0.15) is 36.2 Å². The third kappa shape index (κ3) is 2.34. The second-order valence-corrected chi connectivity index (χ2v) is 9.58. The van der Waals surface area contributed by atoms with Gasteiger partial charge in [-0.25, -0.2) is 4.79 Å². The van der Waals surface area contributed by atoms with E-state index in [-0.39, 0.29) is 17.1 Å². The third-order valence-corrected chi connectivity index (χ3v) is 6.81. The largest absolute Gasteiger partial charge is 0.439 e. The molecule has 0 aromatic heterocycles. The maximum Gasteiger partial charge on any atom is 0.414 e. The number of rotatable bonds is 1. The summed E-state index contributed by atoms with van der Waals surface area (Å²) < 4.78 is 3.71. The van der Waals surface area contributed by atoms with E-state index in [1.165, 1.54) is 4.90 Å². The number of allylic oxidation sites excluding steroid dienone is 2. The Morgan fingerprint density at radius 1 is 1.28 bits per heavy atom. The molecule has 1 aromatic rings. The molecule has 0 radical (unpaired) electrons. The second kappa shape index (κ2) is 5.15. The molecule has 0 N–H and O–H groups in total. The SMILES string of the molecule is CC(C)(OC(=O)N1CC2CC23C1=CC(=O)c1ccccc13)C(Cl)(Cl)Cl. The summed E-state index contributed by atoms with van der Waals surface area (Å²) in [5, 5.41) is 0. The van der Waals surface area contributed by atoms with Gasteiger partial charge in [0.2, 0.25) is 3.79 Å². The molecule has 4 rings (SSSR count). The Bertz CT molecular complexity index is 827. The maximum absolute atomic E-state index is 12.7. The van der Waals surface area contributed by atoms with Crippen LogP contribution in [0.3, 0.4) is 0 Å². The number of hydrogen-bond donors (Lipinski definition) is 0. The number of carbonyl (C=O) groups is 2. The summed E-state index contributed by atoms with van der Waals surface area (Å²) in [5.74, 6) is 0.193. The van der Waals surface area contributed by atoms with Gasteiger partial charge in [-0.15, -0.1) is 0 Å². The molecule has 3 aliphatic rings. The van der Waals surface area contributed by atoms with Crippen molar-refractivity contribution < 1.29 is 14.3 Å². The Labute approximate surface area is 160 Å². The van der Waals surface area contributed by atoms with Crippen LogP contribution in [0.15, 0.2) is 36.0 Å². The van der Waals surface area contributed by atoms with E-state index >= 15 is 0 Å². The molecule has 25 heavy (non-hydrogen) atoms. The van der Waals surface area contributed by atoms with Crippen molar-refractivity contribution in [1.29, 1.82) is 0 Å². The molecule has 1 saturated carbocycles. The Hall–Kier alpha value is -1.23.